The molecule has 1 aromatic heterocycles. The normalized spacial score (nSPS) is 24.8. The van der Waals surface area contributed by atoms with E-state index in [9.17, 15) is 22.8 Å². The van der Waals surface area contributed by atoms with Crippen LogP contribution < -0.4 is 16.0 Å². The van der Waals surface area contributed by atoms with Crippen LogP contribution in [0.5, 0.6) is 0 Å². The Morgan fingerprint density at radius 3 is 2.53 bits per heavy atom. The number of esters is 1. The van der Waals surface area contributed by atoms with Crippen LogP contribution in [0.4, 0.5) is 0 Å². The number of sulfonamides is 1. The van der Waals surface area contributed by atoms with E-state index in [4.69, 9.17) is 14.2 Å². The fourth-order valence-corrected chi connectivity index (χ4v) is 5.25. The number of nitrogens with one attached hydrogen (secondary N) is 2. The summed E-state index contributed by atoms with van der Waals surface area (Å²) < 4.78 is 46.5. The lowest BCUT2D eigenvalue weighted by Gasteiger charge is -2.33. The predicted octanol–water partition coefficient (Wildman–Crippen LogP) is 0.589. The Morgan fingerprint density at radius 2 is 1.94 bits per heavy atom. The summed E-state index contributed by atoms with van der Waals surface area (Å²) in [7, 11) is -2.53. The van der Waals surface area contributed by atoms with E-state index in [1.165, 1.54) is 27.1 Å². The molecule has 186 valence electrons. The first-order valence-electron chi connectivity index (χ1n) is 10.8. The maximum Gasteiger partial charge on any atom is 0.330 e. The Bertz CT molecular complexity index is 1240. The van der Waals surface area contributed by atoms with E-state index >= 15 is 0 Å². The number of benzene rings is 1. The number of rotatable bonds is 9. The molecule has 34 heavy (non-hydrogen) atoms. The zero-order chi connectivity index (χ0) is 25.1. The van der Waals surface area contributed by atoms with Gasteiger partial charge in [-0.2, -0.15) is 0 Å². The van der Waals surface area contributed by atoms with Crippen molar-refractivity contribution in [1.29, 1.82) is 0 Å². The highest BCUT2D eigenvalue weighted by molar-refractivity contribution is 7.89. The monoisotopic (exact) mass is 495 g/mol. The van der Waals surface area contributed by atoms with Crippen molar-refractivity contribution in [2.75, 3.05) is 12.8 Å². The fraction of sp³-hybridized carbons (Fsp3) is 0.500. The molecule has 0 aliphatic carbocycles. The molecule has 2 aromatic rings. The standard InChI is InChI=1S/C22H29N3O8S/c1-5-22(13-34(29,30)23-4)18(31-12-16-9-7-6-8-10-16)17(32-15(3)26)20(33-22)25-11-14(2)19(27)24-21(25)28/h6-11,17-18,20,23H,5,12-13H2,1-4H3,(H,24,27,28)/t17-,18?,20+,22+/m0/s1. The van der Waals surface area contributed by atoms with Gasteiger partial charge in [-0.05, 0) is 26.0 Å². The molecule has 11 nitrogen and oxygen atoms in total. The van der Waals surface area contributed by atoms with Crippen molar-refractivity contribution in [3.8, 4) is 0 Å². The summed E-state index contributed by atoms with van der Waals surface area (Å²) in [6.07, 6.45) is -2.00. The predicted molar refractivity (Wildman–Crippen MR) is 123 cm³/mol. The van der Waals surface area contributed by atoms with Gasteiger partial charge in [-0.15, -0.1) is 0 Å². The highest BCUT2D eigenvalue weighted by atomic mass is 32.2. The molecule has 1 aliphatic heterocycles. The van der Waals surface area contributed by atoms with Gasteiger partial charge >= 0.3 is 11.7 Å². The lowest BCUT2D eigenvalue weighted by molar-refractivity contribution is -0.158. The third-order valence-electron chi connectivity index (χ3n) is 5.79. The third kappa shape index (κ3) is 5.46. The molecular weight excluding hydrogens is 466 g/mol. The summed E-state index contributed by atoms with van der Waals surface area (Å²) in [5.74, 6) is -1.16. The lowest BCUT2D eigenvalue weighted by atomic mass is 9.94. The number of aromatic nitrogens is 2. The second-order valence-corrected chi connectivity index (χ2v) is 10.1. The van der Waals surface area contributed by atoms with Gasteiger partial charge < -0.3 is 14.2 Å². The van der Waals surface area contributed by atoms with Crippen molar-refractivity contribution in [3.63, 3.8) is 0 Å². The smallest absolute Gasteiger partial charge is 0.330 e. The molecule has 2 heterocycles. The second-order valence-electron chi connectivity index (χ2n) is 8.16. The first-order chi connectivity index (χ1) is 16.0. The van der Waals surface area contributed by atoms with Gasteiger partial charge in [-0.25, -0.2) is 17.9 Å². The van der Waals surface area contributed by atoms with Crippen LogP contribution in [0.3, 0.4) is 0 Å². The van der Waals surface area contributed by atoms with E-state index in [0.29, 0.717) is 0 Å². The number of hydrogen-bond donors (Lipinski definition) is 2. The Morgan fingerprint density at radius 1 is 1.26 bits per heavy atom. The van der Waals surface area contributed by atoms with Gasteiger partial charge in [0.15, 0.2) is 12.3 Å². The van der Waals surface area contributed by atoms with Crippen LogP contribution in [0.15, 0.2) is 46.1 Å². The average Bonchev–Trinajstić information content (AvgIpc) is 3.07. The van der Waals surface area contributed by atoms with Crippen molar-refractivity contribution in [1.82, 2.24) is 14.3 Å². The van der Waals surface area contributed by atoms with Gasteiger partial charge in [0.25, 0.3) is 5.56 Å². The fourth-order valence-electron chi connectivity index (χ4n) is 4.03. The van der Waals surface area contributed by atoms with Gasteiger partial charge in [0, 0.05) is 18.7 Å². The zero-order valence-electron chi connectivity index (χ0n) is 19.4. The molecule has 12 heteroatoms. The maximum absolute atomic E-state index is 12.7. The number of aryl methyl sites for hydroxylation is 1. The molecular formula is C22H29N3O8S. The Balaban J connectivity index is 2.13. The number of ether oxygens (including phenoxy) is 3. The molecule has 0 spiro atoms. The number of nitrogens with zero attached hydrogens (tertiary/aromatic N) is 1. The molecule has 3 rings (SSSR count). The largest absolute Gasteiger partial charge is 0.455 e. The van der Waals surface area contributed by atoms with Crippen molar-refractivity contribution >= 4 is 16.0 Å². The lowest BCUT2D eigenvalue weighted by Crippen LogP contribution is -2.51. The Kier molecular flexibility index (Phi) is 7.76. The van der Waals surface area contributed by atoms with Gasteiger partial charge in [0.1, 0.15) is 11.7 Å². The quantitative estimate of drug-likeness (QED) is 0.481. The Hall–Kier alpha value is -2.80. The highest BCUT2D eigenvalue weighted by Gasteiger charge is 2.59. The van der Waals surface area contributed by atoms with Crippen LogP contribution in [0.2, 0.25) is 0 Å². The van der Waals surface area contributed by atoms with Crippen molar-refractivity contribution < 1.29 is 27.4 Å². The maximum atomic E-state index is 12.7. The van der Waals surface area contributed by atoms with Crippen LogP contribution >= 0.6 is 0 Å². The minimum absolute atomic E-state index is 0.0836. The SMILES string of the molecule is CC[C@]1(CS(=O)(=O)NC)O[C@@H](n2cc(C)c(=O)[nH]c2=O)[C@@H](OC(C)=O)C1OCc1ccccc1. The molecule has 1 fully saturated rings. The minimum atomic E-state index is -3.81. The third-order valence-corrected chi connectivity index (χ3v) is 7.28. The van der Waals surface area contributed by atoms with Crippen molar-refractivity contribution in [2.24, 2.45) is 0 Å². The van der Waals surface area contributed by atoms with Gasteiger partial charge in [0.2, 0.25) is 10.0 Å². The molecule has 4 atom stereocenters. The summed E-state index contributed by atoms with van der Waals surface area (Å²) in [6, 6.07) is 9.18. The van der Waals surface area contributed by atoms with E-state index in [0.717, 1.165) is 10.1 Å². The topological polar surface area (TPSA) is 146 Å². The van der Waals surface area contributed by atoms with E-state index in [1.54, 1.807) is 6.92 Å². The molecule has 1 saturated heterocycles. The molecule has 0 amide bonds. The number of aromatic amines is 1. The van der Waals surface area contributed by atoms with Crippen LogP contribution in [0.1, 0.15) is 37.6 Å². The van der Waals surface area contributed by atoms with E-state index < -0.39 is 57.0 Å². The second kappa shape index (κ2) is 10.2. The van der Waals surface area contributed by atoms with Crippen LogP contribution in [0, 0.1) is 6.92 Å². The van der Waals surface area contributed by atoms with Gasteiger partial charge in [0.05, 0.1) is 12.4 Å². The summed E-state index contributed by atoms with van der Waals surface area (Å²) in [6.45, 7) is 4.51. The molecule has 1 aromatic carbocycles. The van der Waals surface area contributed by atoms with Crippen molar-refractivity contribution in [2.45, 2.75) is 57.8 Å². The van der Waals surface area contributed by atoms with E-state index in [1.807, 2.05) is 30.3 Å². The number of carbonyl (C=O) groups excluding carboxylic acids is 1. The van der Waals surface area contributed by atoms with Crippen LogP contribution in [0.25, 0.3) is 0 Å². The first kappa shape index (κ1) is 25.8. The molecule has 1 unspecified atom stereocenters. The summed E-state index contributed by atoms with van der Waals surface area (Å²) in [5, 5.41) is 0. The van der Waals surface area contributed by atoms with Crippen LogP contribution in [-0.2, 0) is 35.6 Å². The number of H-pyrrole nitrogens is 1. The van der Waals surface area contributed by atoms with Crippen LogP contribution in [-0.4, -0.2) is 54.5 Å². The van der Waals surface area contributed by atoms with Gasteiger partial charge in [-0.1, -0.05) is 37.3 Å². The molecule has 2 N–H and O–H groups in total. The zero-order valence-corrected chi connectivity index (χ0v) is 20.3. The summed E-state index contributed by atoms with van der Waals surface area (Å²) in [4.78, 5) is 38.8. The molecule has 0 radical (unpaired) electrons. The van der Waals surface area contributed by atoms with Crippen molar-refractivity contribution in [3.05, 3.63) is 68.5 Å². The average molecular weight is 496 g/mol. The highest BCUT2D eigenvalue weighted by Crippen LogP contribution is 2.43. The summed E-state index contributed by atoms with van der Waals surface area (Å²) >= 11 is 0. The molecule has 1 aliphatic rings. The van der Waals surface area contributed by atoms with E-state index in [-0.39, 0.29) is 18.6 Å². The minimum Gasteiger partial charge on any atom is -0.455 e. The molecule has 0 saturated carbocycles. The summed E-state index contributed by atoms with van der Waals surface area (Å²) in [5.41, 5.74) is -1.79. The van der Waals surface area contributed by atoms with E-state index in [2.05, 4.69) is 9.71 Å². The molecule has 0 bridgehead atoms. The Labute approximate surface area is 197 Å². The van der Waals surface area contributed by atoms with Gasteiger partial charge in [-0.3, -0.25) is 19.1 Å². The first-order valence-corrected chi connectivity index (χ1v) is 12.4. The number of hydrogen-bond acceptors (Lipinski definition) is 8. The number of carbonyl (C=O) groups is 1.